The molecule has 2 atom stereocenters. The van der Waals surface area contributed by atoms with E-state index in [-0.39, 0.29) is 17.6 Å². The first-order valence-electron chi connectivity index (χ1n) is 6.68. The molecule has 0 bridgehead atoms. The summed E-state index contributed by atoms with van der Waals surface area (Å²) in [6, 6.07) is 1.07. The first-order chi connectivity index (χ1) is 9.42. The first-order valence-corrected chi connectivity index (χ1v) is 6.68. The van der Waals surface area contributed by atoms with Crippen LogP contribution in [-0.4, -0.2) is 28.1 Å². The quantitative estimate of drug-likeness (QED) is 0.746. The Morgan fingerprint density at radius 2 is 2.05 bits per heavy atom. The van der Waals surface area contributed by atoms with E-state index in [1.54, 1.807) is 0 Å². The molecule has 0 spiro atoms. The van der Waals surface area contributed by atoms with Crippen molar-refractivity contribution in [2.45, 2.75) is 39.7 Å². The molecule has 0 aromatic carbocycles. The van der Waals surface area contributed by atoms with Crippen LogP contribution in [0.5, 0.6) is 0 Å². The van der Waals surface area contributed by atoms with Gasteiger partial charge in [0.15, 0.2) is 0 Å². The van der Waals surface area contributed by atoms with Crippen LogP contribution >= 0.6 is 0 Å². The molecule has 2 amide bonds. The summed E-state index contributed by atoms with van der Waals surface area (Å²) >= 11 is 0. The van der Waals surface area contributed by atoms with Crippen LogP contribution in [0.4, 0.5) is 10.5 Å². The molecule has 0 radical (unpaired) electrons. The zero-order valence-electron chi connectivity index (χ0n) is 12.0. The summed E-state index contributed by atoms with van der Waals surface area (Å²) < 4.78 is 0. The third-order valence-electron chi connectivity index (χ3n) is 3.07. The van der Waals surface area contributed by atoms with Gasteiger partial charge in [0.05, 0.1) is 17.4 Å². The number of carbonyl (C=O) groups is 2. The Hall–Kier alpha value is -2.11. The number of carboxylic acid groups (broad SMARTS) is 1. The van der Waals surface area contributed by atoms with Crippen LogP contribution in [0, 0.1) is 5.92 Å². The van der Waals surface area contributed by atoms with Gasteiger partial charge in [-0.15, -0.1) is 0 Å². The van der Waals surface area contributed by atoms with Gasteiger partial charge >= 0.3 is 12.0 Å². The first kappa shape index (κ1) is 15.9. The molecule has 110 valence electrons. The van der Waals surface area contributed by atoms with Crippen LogP contribution in [0.15, 0.2) is 18.5 Å². The van der Waals surface area contributed by atoms with Crippen LogP contribution in [-0.2, 0) is 0 Å². The molecule has 1 rings (SSSR count). The summed E-state index contributed by atoms with van der Waals surface area (Å²) in [7, 11) is 0. The molecule has 0 saturated heterocycles. The lowest BCUT2D eigenvalue weighted by Gasteiger charge is -2.17. The number of pyridine rings is 1. The second-order valence-corrected chi connectivity index (χ2v) is 5.02. The Kier molecular flexibility index (Phi) is 5.96. The molecular weight excluding hydrogens is 258 g/mol. The second kappa shape index (κ2) is 7.47. The average molecular weight is 279 g/mol. The zero-order chi connectivity index (χ0) is 15.1. The maximum absolute atomic E-state index is 11.8. The summed E-state index contributed by atoms with van der Waals surface area (Å²) in [5.74, 6) is -0.533. The minimum absolute atomic E-state index is 0.0375. The fraction of sp³-hybridized carbons (Fsp3) is 0.500. The molecule has 6 heteroatoms. The maximum Gasteiger partial charge on any atom is 0.337 e. The molecule has 0 aliphatic rings. The molecule has 2 unspecified atom stereocenters. The predicted molar refractivity (Wildman–Crippen MR) is 76.9 cm³/mol. The lowest BCUT2D eigenvalue weighted by Crippen LogP contribution is -2.37. The Morgan fingerprint density at radius 3 is 2.65 bits per heavy atom. The van der Waals surface area contributed by atoms with Crippen molar-refractivity contribution in [1.29, 1.82) is 0 Å². The smallest absolute Gasteiger partial charge is 0.337 e. The third kappa shape index (κ3) is 5.26. The Labute approximate surface area is 118 Å². The van der Waals surface area contributed by atoms with Crippen LogP contribution in [0.25, 0.3) is 0 Å². The van der Waals surface area contributed by atoms with Crippen LogP contribution < -0.4 is 10.6 Å². The summed E-state index contributed by atoms with van der Waals surface area (Å²) in [5, 5.41) is 14.2. The average Bonchev–Trinajstić information content (AvgIpc) is 2.38. The zero-order valence-corrected chi connectivity index (χ0v) is 12.0. The van der Waals surface area contributed by atoms with E-state index < -0.39 is 5.97 Å². The molecule has 3 N–H and O–H groups in total. The number of anilines is 1. The van der Waals surface area contributed by atoms with Gasteiger partial charge in [0, 0.05) is 12.2 Å². The highest BCUT2D eigenvalue weighted by Crippen LogP contribution is 2.11. The van der Waals surface area contributed by atoms with E-state index in [2.05, 4.69) is 29.5 Å². The van der Waals surface area contributed by atoms with Crippen molar-refractivity contribution < 1.29 is 14.7 Å². The van der Waals surface area contributed by atoms with E-state index in [9.17, 15) is 9.59 Å². The maximum atomic E-state index is 11.8. The SMILES string of the molecule is CCC(C)CC(C)NC(=O)Nc1cncc(C(=O)O)c1. The van der Waals surface area contributed by atoms with Gasteiger partial charge in [0.1, 0.15) is 0 Å². The number of urea groups is 1. The summed E-state index contributed by atoms with van der Waals surface area (Å²) in [6.07, 6.45) is 4.61. The van der Waals surface area contributed by atoms with Gasteiger partial charge < -0.3 is 15.7 Å². The number of amides is 2. The number of rotatable bonds is 6. The molecule has 0 fully saturated rings. The van der Waals surface area contributed by atoms with Gasteiger partial charge in [-0.2, -0.15) is 0 Å². The Bertz CT molecular complexity index is 476. The Balaban J connectivity index is 2.54. The Morgan fingerprint density at radius 1 is 1.35 bits per heavy atom. The van der Waals surface area contributed by atoms with Crippen molar-refractivity contribution in [3.8, 4) is 0 Å². The standard InChI is InChI=1S/C14H21N3O3/c1-4-9(2)5-10(3)16-14(20)17-12-6-11(13(18)19)7-15-8-12/h6-10H,4-5H2,1-3H3,(H,18,19)(H2,16,17,20). The predicted octanol–water partition coefficient (Wildman–Crippen LogP) is 2.73. The van der Waals surface area contributed by atoms with Gasteiger partial charge in [-0.05, 0) is 25.3 Å². The highest BCUT2D eigenvalue weighted by molar-refractivity contribution is 5.92. The fourth-order valence-electron chi connectivity index (χ4n) is 1.85. The summed E-state index contributed by atoms with van der Waals surface area (Å²) in [5.41, 5.74) is 0.397. The van der Waals surface area contributed by atoms with Gasteiger partial charge in [-0.25, -0.2) is 9.59 Å². The third-order valence-corrected chi connectivity index (χ3v) is 3.07. The minimum atomic E-state index is -1.08. The molecule has 1 heterocycles. The molecule has 1 aromatic rings. The van der Waals surface area contributed by atoms with Gasteiger partial charge in [0.2, 0.25) is 0 Å². The monoisotopic (exact) mass is 279 g/mol. The van der Waals surface area contributed by atoms with E-state index in [0.717, 1.165) is 12.8 Å². The fourth-order valence-corrected chi connectivity index (χ4v) is 1.85. The number of aromatic nitrogens is 1. The van der Waals surface area contributed by atoms with Gasteiger partial charge in [-0.1, -0.05) is 20.3 Å². The number of hydrogen-bond donors (Lipinski definition) is 3. The molecule has 0 aliphatic carbocycles. The van der Waals surface area contributed by atoms with Gasteiger partial charge in [-0.3, -0.25) is 4.98 Å². The number of aromatic carboxylic acids is 1. The molecule has 6 nitrogen and oxygen atoms in total. The van der Waals surface area contributed by atoms with E-state index in [1.165, 1.54) is 18.5 Å². The van der Waals surface area contributed by atoms with Crippen molar-refractivity contribution in [3.63, 3.8) is 0 Å². The van der Waals surface area contributed by atoms with Crippen molar-refractivity contribution >= 4 is 17.7 Å². The molecule has 0 aliphatic heterocycles. The topological polar surface area (TPSA) is 91.3 Å². The lowest BCUT2D eigenvalue weighted by molar-refractivity contribution is 0.0696. The highest BCUT2D eigenvalue weighted by Gasteiger charge is 2.11. The lowest BCUT2D eigenvalue weighted by atomic mass is 10.0. The summed E-state index contributed by atoms with van der Waals surface area (Å²) in [6.45, 7) is 6.19. The van der Waals surface area contributed by atoms with Crippen molar-refractivity contribution in [2.24, 2.45) is 5.92 Å². The number of carbonyl (C=O) groups excluding carboxylic acids is 1. The van der Waals surface area contributed by atoms with Crippen LogP contribution in [0.1, 0.15) is 44.0 Å². The number of carboxylic acids is 1. The largest absolute Gasteiger partial charge is 0.478 e. The molecule has 20 heavy (non-hydrogen) atoms. The van der Waals surface area contributed by atoms with Crippen LogP contribution in [0.2, 0.25) is 0 Å². The highest BCUT2D eigenvalue weighted by atomic mass is 16.4. The number of nitrogens with zero attached hydrogens (tertiary/aromatic N) is 1. The van der Waals surface area contributed by atoms with Crippen molar-refractivity contribution in [3.05, 3.63) is 24.0 Å². The number of nitrogens with one attached hydrogen (secondary N) is 2. The van der Waals surface area contributed by atoms with E-state index in [0.29, 0.717) is 11.6 Å². The van der Waals surface area contributed by atoms with E-state index in [4.69, 9.17) is 5.11 Å². The van der Waals surface area contributed by atoms with Crippen molar-refractivity contribution in [1.82, 2.24) is 10.3 Å². The van der Waals surface area contributed by atoms with E-state index >= 15 is 0 Å². The van der Waals surface area contributed by atoms with E-state index in [1.807, 2.05) is 6.92 Å². The molecule has 0 saturated carbocycles. The van der Waals surface area contributed by atoms with Gasteiger partial charge in [0.25, 0.3) is 0 Å². The second-order valence-electron chi connectivity index (χ2n) is 5.02. The van der Waals surface area contributed by atoms with Crippen LogP contribution in [0.3, 0.4) is 0 Å². The molecular formula is C14H21N3O3. The summed E-state index contributed by atoms with van der Waals surface area (Å²) in [4.78, 5) is 26.4. The number of hydrogen-bond acceptors (Lipinski definition) is 3. The molecule has 1 aromatic heterocycles. The minimum Gasteiger partial charge on any atom is -0.478 e. The normalized spacial score (nSPS) is 13.3. The van der Waals surface area contributed by atoms with Crippen molar-refractivity contribution in [2.75, 3.05) is 5.32 Å².